The molecule has 0 aliphatic carbocycles. The highest BCUT2D eigenvalue weighted by Crippen LogP contribution is 2.22. The van der Waals surface area contributed by atoms with Gasteiger partial charge in [0.25, 0.3) is 0 Å². The lowest BCUT2D eigenvalue weighted by atomic mass is 9.97. The normalized spacial score (nSPS) is 17.5. The zero-order valence-corrected chi connectivity index (χ0v) is 15.2. The summed E-state index contributed by atoms with van der Waals surface area (Å²) in [4.78, 5) is 30.4. The Balaban J connectivity index is 1.47. The van der Waals surface area contributed by atoms with Gasteiger partial charge >= 0.3 is 6.09 Å². The van der Waals surface area contributed by atoms with E-state index in [1.54, 1.807) is 23.2 Å². The molecule has 2 heterocycles. The Morgan fingerprint density at radius 3 is 3.04 bits per heavy atom. The van der Waals surface area contributed by atoms with Gasteiger partial charge in [0.15, 0.2) is 0 Å². The van der Waals surface area contributed by atoms with Crippen molar-refractivity contribution in [2.45, 2.75) is 26.2 Å². The molecule has 0 saturated carbocycles. The number of benzene rings is 1. The second-order valence-corrected chi connectivity index (χ2v) is 7.22. The number of para-hydroxylation sites is 1. The number of piperidine rings is 1. The van der Waals surface area contributed by atoms with Crippen molar-refractivity contribution in [2.75, 3.05) is 26.2 Å². The predicted octanol–water partition coefficient (Wildman–Crippen LogP) is 2.82. The summed E-state index contributed by atoms with van der Waals surface area (Å²) in [5.41, 5.74) is 1.01. The largest absolute Gasteiger partial charge is 0.450 e. The van der Waals surface area contributed by atoms with Gasteiger partial charge in [0.1, 0.15) is 0 Å². The van der Waals surface area contributed by atoms with Gasteiger partial charge in [0.05, 0.1) is 27.7 Å². The van der Waals surface area contributed by atoms with E-state index in [1.807, 2.05) is 18.2 Å². The summed E-state index contributed by atoms with van der Waals surface area (Å²) in [5.74, 6) is -0.149. The van der Waals surface area contributed by atoms with Gasteiger partial charge in [-0.25, -0.2) is 9.78 Å². The molecule has 2 amide bonds. The number of carbonyl (C=O) groups is 2. The van der Waals surface area contributed by atoms with Gasteiger partial charge in [-0.05, 0) is 31.9 Å². The number of ether oxygens (including phenoxy) is 1. The highest BCUT2D eigenvalue weighted by Gasteiger charge is 2.28. The third kappa shape index (κ3) is 4.48. The summed E-state index contributed by atoms with van der Waals surface area (Å²) in [5, 5.41) is 4.01. The lowest BCUT2D eigenvalue weighted by Crippen LogP contribution is -2.45. The molecule has 1 atom stereocenters. The number of amides is 2. The molecule has 7 heteroatoms. The number of hydrogen-bond donors (Lipinski definition) is 1. The Bertz CT molecular complexity index is 713. The Morgan fingerprint density at radius 2 is 2.24 bits per heavy atom. The molecular formula is C18H23N3O3S. The van der Waals surface area contributed by atoms with Crippen molar-refractivity contribution in [2.24, 2.45) is 5.92 Å². The summed E-state index contributed by atoms with van der Waals surface area (Å²) < 4.78 is 6.19. The first-order valence-electron chi connectivity index (χ1n) is 8.71. The fraction of sp³-hybridized carbons (Fsp3) is 0.500. The van der Waals surface area contributed by atoms with Crippen molar-refractivity contribution in [1.29, 1.82) is 0 Å². The minimum absolute atomic E-state index is 0.00936. The fourth-order valence-electron chi connectivity index (χ4n) is 3.04. The van der Waals surface area contributed by atoms with Gasteiger partial charge in [0, 0.05) is 26.1 Å². The SMILES string of the molecule is CCOC(=O)N1CCCC(C(=O)NCCc2nc3ccccc3s2)C1. The van der Waals surface area contributed by atoms with E-state index < -0.39 is 0 Å². The Morgan fingerprint density at radius 1 is 1.40 bits per heavy atom. The summed E-state index contributed by atoms with van der Waals surface area (Å²) in [6.07, 6.45) is 2.03. The highest BCUT2D eigenvalue weighted by atomic mass is 32.1. The van der Waals surface area contributed by atoms with Gasteiger partial charge in [-0.1, -0.05) is 12.1 Å². The molecule has 1 saturated heterocycles. The highest BCUT2D eigenvalue weighted by molar-refractivity contribution is 7.18. The maximum atomic E-state index is 12.4. The molecule has 0 bridgehead atoms. The van der Waals surface area contributed by atoms with Crippen LogP contribution in [0.4, 0.5) is 4.79 Å². The maximum absolute atomic E-state index is 12.4. The molecule has 134 valence electrons. The van der Waals surface area contributed by atoms with Crippen LogP contribution < -0.4 is 5.32 Å². The third-order valence-electron chi connectivity index (χ3n) is 4.29. The third-order valence-corrected chi connectivity index (χ3v) is 5.39. The number of thiazole rings is 1. The van der Waals surface area contributed by atoms with Crippen LogP contribution in [0.15, 0.2) is 24.3 Å². The van der Waals surface area contributed by atoms with Gasteiger partial charge in [-0.15, -0.1) is 11.3 Å². The van der Waals surface area contributed by atoms with Crippen molar-refractivity contribution in [3.05, 3.63) is 29.3 Å². The van der Waals surface area contributed by atoms with Crippen molar-refractivity contribution < 1.29 is 14.3 Å². The van der Waals surface area contributed by atoms with E-state index in [-0.39, 0.29) is 17.9 Å². The molecule has 6 nitrogen and oxygen atoms in total. The molecule has 1 fully saturated rings. The maximum Gasteiger partial charge on any atom is 0.409 e. The first-order chi connectivity index (χ1) is 12.2. The fourth-order valence-corrected chi connectivity index (χ4v) is 4.00. The molecule has 0 spiro atoms. The van der Waals surface area contributed by atoms with Gasteiger partial charge < -0.3 is 15.0 Å². The van der Waals surface area contributed by atoms with Gasteiger partial charge in [0.2, 0.25) is 5.91 Å². The van der Waals surface area contributed by atoms with E-state index in [9.17, 15) is 9.59 Å². The number of aromatic nitrogens is 1. The lowest BCUT2D eigenvalue weighted by molar-refractivity contribution is -0.126. The molecule has 2 aromatic rings. The molecule has 25 heavy (non-hydrogen) atoms. The van der Waals surface area contributed by atoms with E-state index in [2.05, 4.69) is 16.4 Å². The molecular weight excluding hydrogens is 338 g/mol. The standard InChI is InChI=1S/C18H23N3O3S/c1-2-24-18(23)21-11-5-6-13(12-21)17(22)19-10-9-16-20-14-7-3-4-8-15(14)25-16/h3-4,7-8,13H,2,5-6,9-12H2,1H3,(H,19,22). The number of hydrogen-bond acceptors (Lipinski definition) is 5. The molecule has 1 aliphatic heterocycles. The first-order valence-corrected chi connectivity index (χ1v) is 9.53. The Labute approximate surface area is 151 Å². The number of likely N-dealkylation sites (tertiary alicyclic amines) is 1. The molecule has 1 unspecified atom stereocenters. The summed E-state index contributed by atoms with van der Waals surface area (Å²) in [6.45, 7) is 3.80. The molecule has 1 N–H and O–H groups in total. The minimum atomic E-state index is -0.325. The number of fused-ring (bicyclic) bond motifs is 1. The Hall–Kier alpha value is -2.15. The van der Waals surface area contributed by atoms with Crippen LogP contribution in [0.25, 0.3) is 10.2 Å². The molecule has 1 aliphatic rings. The summed E-state index contributed by atoms with van der Waals surface area (Å²) in [6, 6.07) is 8.04. The van der Waals surface area contributed by atoms with Crippen LogP contribution >= 0.6 is 11.3 Å². The average Bonchev–Trinajstić information content (AvgIpc) is 3.04. The van der Waals surface area contributed by atoms with E-state index in [4.69, 9.17) is 4.74 Å². The van der Waals surface area contributed by atoms with E-state index >= 15 is 0 Å². The van der Waals surface area contributed by atoms with Crippen LogP contribution in [-0.2, 0) is 16.0 Å². The van der Waals surface area contributed by atoms with E-state index in [0.29, 0.717) is 26.2 Å². The van der Waals surface area contributed by atoms with Crippen LogP contribution in [0.3, 0.4) is 0 Å². The lowest BCUT2D eigenvalue weighted by Gasteiger charge is -2.31. The van der Waals surface area contributed by atoms with Gasteiger partial charge in [-0.3, -0.25) is 4.79 Å². The molecule has 0 radical (unpaired) electrons. The monoisotopic (exact) mass is 361 g/mol. The van der Waals surface area contributed by atoms with Crippen molar-refractivity contribution >= 4 is 33.6 Å². The predicted molar refractivity (Wildman–Crippen MR) is 97.7 cm³/mol. The number of carbonyl (C=O) groups excluding carboxylic acids is 2. The van der Waals surface area contributed by atoms with Crippen LogP contribution in [-0.4, -0.2) is 48.1 Å². The summed E-state index contributed by atoms with van der Waals surface area (Å²) >= 11 is 1.66. The molecule has 1 aromatic carbocycles. The smallest absolute Gasteiger partial charge is 0.409 e. The van der Waals surface area contributed by atoms with E-state index in [1.165, 1.54) is 4.70 Å². The molecule has 3 rings (SSSR count). The Kier molecular flexibility index (Phi) is 5.86. The zero-order valence-electron chi connectivity index (χ0n) is 14.4. The number of nitrogens with one attached hydrogen (secondary N) is 1. The summed E-state index contributed by atoms with van der Waals surface area (Å²) in [7, 11) is 0. The number of nitrogens with zero attached hydrogens (tertiary/aromatic N) is 2. The number of rotatable bonds is 5. The van der Waals surface area contributed by atoms with Crippen LogP contribution in [0.5, 0.6) is 0 Å². The van der Waals surface area contributed by atoms with Gasteiger partial charge in [-0.2, -0.15) is 0 Å². The van der Waals surface area contributed by atoms with Crippen LogP contribution in [0.2, 0.25) is 0 Å². The van der Waals surface area contributed by atoms with Crippen LogP contribution in [0.1, 0.15) is 24.8 Å². The first kappa shape index (κ1) is 17.7. The second kappa shape index (κ2) is 8.29. The van der Waals surface area contributed by atoms with Crippen molar-refractivity contribution in [3.8, 4) is 0 Å². The van der Waals surface area contributed by atoms with E-state index in [0.717, 1.165) is 29.8 Å². The van der Waals surface area contributed by atoms with Crippen LogP contribution in [0, 0.1) is 5.92 Å². The topological polar surface area (TPSA) is 71.5 Å². The van der Waals surface area contributed by atoms with Crippen molar-refractivity contribution in [3.63, 3.8) is 0 Å². The molecule has 1 aromatic heterocycles. The second-order valence-electron chi connectivity index (χ2n) is 6.10. The van der Waals surface area contributed by atoms with Crippen molar-refractivity contribution in [1.82, 2.24) is 15.2 Å². The minimum Gasteiger partial charge on any atom is -0.450 e. The quantitative estimate of drug-likeness (QED) is 0.889. The zero-order chi connectivity index (χ0) is 17.6. The average molecular weight is 361 g/mol.